The summed E-state index contributed by atoms with van der Waals surface area (Å²) in [5.41, 5.74) is 0.618. The maximum atomic E-state index is 13.1. The highest BCUT2D eigenvalue weighted by Crippen LogP contribution is 2.41. The van der Waals surface area contributed by atoms with Gasteiger partial charge in [0, 0.05) is 27.9 Å². The number of likely N-dealkylation sites (N-methyl/N-ethyl adjacent to an activating group) is 1. The summed E-state index contributed by atoms with van der Waals surface area (Å²) in [4.78, 5) is 30.5. The Kier molecular flexibility index (Phi) is 4.65. The number of benzene rings is 1. The van der Waals surface area contributed by atoms with Gasteiger partial charge in [-0.25, -0.2) is 13.4 Å². The molecule has 3 heterocycles. The highest BCUT2D eigenvalue weighted by molar-refractivity contribution is 7.89. The van der Waals surface area contributed by atoms with E-state index in [1.807, 2.05) is 26.2 Å². The van der Waals surface area contributed by atoms with E-state index in [1.54, 1.807) is 24.3 Å². The van der Waals surface area contributed by atoms with E-state index in [9.17, 15) is 18.0 Å². The molecule has 0 saturated carbocycles. The van der Waals surface area contributed by atoms with Crippen LogP contribution in [-0.4, -0.2) is 42.5 Å². The molecule has 1 N–H and O–H groups in total. The van der Waals surface area contributed by atoms with Gasteiger partial charge in [0.15, 0.2) is 11.2 Å². The van der Waals surface area contributed by atoms with Gasteiger partial charge in [0.05, 0.1) is 10.6 Å². The molecule has 0 saturated heterocycles. The SMILES string of the molecule is CN1C(C(=O)Nc2nc(C(C)(C)C)cs2)C(=O)c2sc3ccccc3c2S1(=O)=O. The minimum absolute atomic E-state index is 0.0149. The minimum atomic E-state index is -4.00. The molecule has 3 aromatic rings. The lowest BCUT2D eigenvalue weighted by Crippen LogP contribution is -2.52. The van der Waals surface area contributed by atoms with Crippen LogP contribution >= 0.6 is 22.7 Å². The molecular formula is C19H19N3O4S3. The van der Waals surface area contributed by atoms with Crippen LogP contribution in [0.5, 0.6) is 0 Å². The molecule has 7 nitrogen and oxygen atoms in total. The Morgan fingerprint density at radius 3 is 2.59 bits per heavy atom. The van der Waals surface area contributed by atoms with Gasteiger partial charge < -0.3 is 5.32 Å². The number of sulfonamides is 1. The number of carbonyl (C=O) groups excluding carboxylic acids is 2. The number of anilines is 1. The molecule has 0 spiro atoms. The minimum Gasteiger partial charge on any atom is -0.300 e. The fourth-order valence-electron chi connectivity index (χ4n) is 3.15. The summed E-state index contributed by atoms with van der Waals surface area (Å²) < 4.78 is 27.8. The molecule has 0 bridgehead atoms. The van der Waals surface area contributed by atoms with Crippen molar-refractivity contribution in [2.45, 2.75) is 37.1 Å². The van der Waals surface area contributed by atoms with Gasteiger partial charge in [0.25, 0.3) is 5.91 Å². The molecule has 4 rings (SSSR count). The summed E-state index contributed by atoms with van der Waals surface area (Å²) in [6.07, 6.45) is 0. The number of carbonyl (C=O) groups is 2. The van der Waals surface area contributed by atoms with Crippen molar-refractivity contribution in [1.29, 1.82) is 0 Å². The molecule has 1 aromatic carbocycles. The quantitative estimate of drug-likeness (QED) is 0.604. The molecule has 2 aromatic heterocycles. The lowest BCUT2D eigenvalue weighted by atomic mass is 9.93. The summed E-state index contributed by atoms with van der Waals surface area (Å²) in [5.74, 6) is -1.23. The van der Waals surface area contributed by atoms with Crippen molar-refractivity contribution in [3.8, 4) is 0 Å². The normalized spacial score (nSPS) is 19.3. The number of amides is 1. The Balaban J connectivity index is 1.72. The number of hydrogen-bond acceptors (Lipinski definition) is 7. The molecule has 0 radical (unpaired) electrons. The molecule has 0 aliphatic carbocycles. The number of thiazole rings is 1. The summed E-state index contributed by atoms with van der Waals surface area (Å²) in [6.45, 7) is 6.00. The first-order valence-electron chi connectivity index (χ1n) is 8.82. The second-order valence-corrected chi connectivity index (χ2v) is 11.7. The number of nitrogens with zero attached hydrogens (tertiary/aromatic N) is 2. The van der Waals surface area contributed by atoms with Gasteiger partial charge in [-0.3, -0.25) is 9.59 Å². The molecule has 1 aliphatic heterocycles. The van der Waals surface area contributed by atoms with Crippen molar-refractivity contribution in [2.24, 2.45) is 0 Å². The maximum absolute atomic E-state index is 13.1. The van der Waals surface area contributed by atoms with Crippen molar-refractivity contribution in [3.63, 3.8) is 0 Å². The van der Waals surface area contributed by atoms with Crippen LogP contribution in [0.25, 0.3) is 10.1 Å². The lowest BCUT2D eigenvalue weighted by Gasteiger charge is -2.29. The van der Waals surface area contributed by atoms with E-state index < -0.39 is 27.8 Å². The first kappa shape index (κ1) is 20.1. The zero-order valence-corrected chi connectivity index (χ0v) is 18.7. The average Bonchev–Trinajstić information content (AvgIpc) is 3.25. The molecule has 1 amide bonds. The number of nitrogens with one attached hydrogen (secondary N) is 1. The number of thiophene rings is 1. The number of rotatable bonds is 2. The van der Waals surface area contributed by atoms with E-state index in [1.165, 1.54) is 18.4 Å². The number of Topliss-reactive ketones (excluding diaryl/α,β-unsaturated/α-hetero) is 1. The van der Waals surface area contributed by atoms with Crippen molar-refractivity contribution in [3.05, 3.63) is 40.2 Å². The lowest BCUT2D eigenvalue weighted by molar-refractivity contribution is -0.118. The highest BCUT2D eigenvalue weighted by atomic mass is 32.2. The van der Waals surface area contributed by atoms with E-state index in [2.05, 4.69) is 10.3 Å². The van der Waals surface area contributed by atoms with Gasteiger partial charge in [-0.1, -0.05) is 39.0 Å². The molecule has 1 atom stereocenters. The number of aromatic nitrogens is 1. The van der Waals surface area contributed by atoms with Crippen LogP contribution in [0.1, 0.15) is 36.1 Å². The third-order valence-electron chi connectivity index (χ3n) is 4.77. The summed E-state index contributed by atoms with van der Waals surface area (Å²) in [6, 6.07) is 5.48. The Hall–Kier alpha value is -2.14. The van der Waals surface area contributed by atoms with Crippen LogP contribution in [0.4, 0.5) is 5.13 Å². The van der Waals surface area contributed by atoms with Crippen molar-refractivity contribution >= 4 is 59.6 Å². The molecular weight excluding hydrogens is 430 g/mol. The third-order valence-corrected chi connectivity index (χ3v) is 8.76. The summed E-state index contributed by atoms with van der Waals surface area (Å²) >= 11 is 2.34. The highest BCUT2D eigenvalue weighted by Gasteiger charge is 2.47. The summed E-state index contributed by atoms with van der Waals surface area (Å²) in [5, 5.41) is 5.28. The van der Waals surface area contributed by atoms with Crippen LogP contribution in [0, 0.1) is 0 Å². The Labute approximate surface area is 176 Å². The maximum Gasteiger partial charge on any atom is 0.252 e. The Morgan fingerprint density at radius 1 is 1.24 bits per heavy atom. The zero-order chi connectivity index (χ0) is 21.1. The molecule has 0 fully saturated rings. The first-order valence-corrected chi connectivity index (χ1v) is 12.0. The van der Waals surface area contributed by atoms with E-state index >= 15 is 0 Å². The Morgan fingerprint density at radius 2 is 1.93 bits per heavy atom. The van der Waals surface area contributed by atoms with Crippen LogP contribution in [0.2, 0.25) is 0 Å². The van der Waals surface area contributed by atoms with Crippen LogP contribution in [-0.2, 0) is 20.2 Å². The van der Waals surface area contributed by atoms with E-state index in [4.69, 9.17) is 0 Å². The van der Waals surface area contributed by atoms with Gasteiger partial charge in [-0.15, -0.1) is 22.7 Å². The second kappa shape index (κ2) is 6.69. The fraction of sp³-hybridized carbons (Fsp3) is 0.316. The fourth-order valence-corrected chi connectivity index (χ4v) is 7.20. The predicted molar refractivity (Wildman–Crippen MR) is 114 cm³/mol. The van der Waals surface area contributed by atoms with Gasteiger partial charge in [-0.2, -0.15) is 4.31 Å². The monoisotopic (exact) mass is 449 g/mol. The third kappa shape index (κ3) is 3.20. The standard InChI is InChI=1S/C19H19N3O4S3/c1-19(2,3)12-9-27-18(20-12)21-17(24)13-14(23)15-16(29(25,26)22(13)4)10-7-5-6-8-11(10)28-15/h5-9,13H,1-4H3,(H,20,21,24). The molecule has 1 aliphatic rings. The number of hydrogen-bond donors (Lipinski definition) is 1. The second-order valence-electron chi connectivity index (χ2n) is 7.82. The Bertz CT molecular complexity index is 1250. The zero-order valence-electron chi connectivity index (χ0n) is 16.2. The largest absolute Gasteiger partial charge is 0.300 e. The van der Waals surface area contributed by atoms with Crippen molar-refractivity contribution < 1.29 is 18.0 Å². The predicted octanol–water partition coefficient (Wildman–Crippen LogP) is 3.48. The van der Waals surface area contributed by atoms with Crippen molar-refractivity contribution in [2.75, 3.05) is 12.4 Å². The summed E-state index contributed by atoms with van der Waals surface area (Å²) in [7, 11) is -2.74. The molecule has 1 unspecified atom stereocenters. The van der Waals surface area contributed by atoms with Crippen LogP contribution in [0.3, 0.4) is 0 Å². The van der Waals surface area contributed by atoms with Gasteiger partial charge in [-0.05, 0) is 6.07 Å². The number of ketones is 1. The molecule has 152 valence electrons. The average molecular weight is 450 g/mol. The molecule has 29 heavy (non-hydrogen) atoms. The van der Waals surface area contributed by atoms with E-state index in [0.717, 1.165) is 21.3 Å². The first-order chi connectivity index (χ1) is 13.5. The van der Waals surface area contributed by atoms with Gasteiger partial charge >= 0.3 is 0 Å². The van der Waals surface area contributed by atoms with Crippen LogP contribution in [0.15, 0.2) is 34.5 Å². The molecule has 10 heteroatoms. The van der Waals surface area contributed by atoms with Crippen LogP contribution < -0.4 is 5.32 Å². The van der Waals surface area contributed by atoms with Gasteiger partial charge in [0.1, 0.15) is 4.90 Å². The van der Waals surface area contributed by atoms with E-state index in [0.29, 0.717) is 15.2 Å². The van der Waals surface area contributed by atoms with Gasteiger partial charge in [0.2, 0.25) is 15.8 Å². The van der Waals surface area contributed by atoms with E-state index in [-0.39, 0.29) is 15.2 Å². The smallest absolute Gasteiger partial charge is 0.252 e. The van der Waals surface area contributed by atoms with Crippen molar-refractivity contribution in [1.82, 2.24) is 9.29 Å². The number of fused-ring (bicyclic) bond motifs is 3. The topological polar surface area (TPSA) is 96.4 Å².